The van der Waals surface area contributed by atoms with Gasteiger partial charge < -0.3 is 10.2 Å². The van der Waals surface area contributed by atoms with Crippen molar-refractivity contribution in [1.29, 1.82) is 0 Å². The van der Waals surface area contributed by atoms with Crippen LogP contribution in [-0.2, 0) is 33.0 Å². The third kappa shape index (κ3) is 12.2. The molecule has 0 amide bonds. The Kier molecular flexibility index (Phi) is 14.2. The topological polar surface area (TPSA) is 98.7 Å². The number of alkyl halides is 6. The molecule has 2 aromatic rings. The van der Waals surface area contributed by atoms with Crippen molar-refractivity contribution in [3.8, 4) is 0 Å². The molecule has 0 aliphatic heterocycles. The lowest BCUT2D eigenvalue weighted by atomic mass is 9.87. The fourth-order valence-corrected chi connectivity index (χ4v) is 5.77. The quantitative estimate of drug-likeness (QED) is 0.204. The predicted octanol–water partition coefficient (Wildman–Crippen LogP) is 6.81. The molecule has 6 nitrogen and oxygen atoms in total. The molecular weight excluding hydrogens is 668 g/mol. The summed E-state index contributed by atoms with van der Waals surface area (Å²) in [5.74, 6) is -1.47. The van der Waals surface area contributed by atoms with Crippen LogP contribution in [0.25, 0.3) is 0 Å². The maximum absolute atomic E-state index is 14.1. The molecule has 0 aliphatic rings. The summed E-state index contributed by atoms with van der Waals surface area (Å²) in [5.41, 5.74) is -3.47. The van der Waals surface area contributed by atoms with Crippen molar-refractivity contribution < 1.29 is 53.8 Å². The highest BCUT2D eigenvalue weighted by Gasteiger charge is 2.46. The number of nitrogens with one attached hydrogen (secondary N) is 2. The number of rotatable bonds is 10. The van der Waals surface area contributed by atoms with Gasteiger partial charge in [0.05, 0.1) is 42.5 Å². The van der Waals surface area contributed by atoms with E-state index in [0.717, 1.165) is 12.1 Å². The van der Waals surface area contributed by atoms with Crippen molar-refractivity contribution in [3.63, 3.8) is 0 Å². The van der Waals surface area contributed by atoms with E-state index in [2.05, 4.69) is 9.44 Å². The first-order valence-electron chi connectivity index (χ1n) is 13.9. The summed E-state index contributed by atoms with van der Waals surface area (Å²) in [6, 6.07) is 10.6. The van der Waals surface area contributed by atoms with Gasteiger partial charge in [0, 0.05) is 24.0 Å². The molecule has 0 aliphatic carbocycles. The van der Waals surface area contributed by atoms with Crippen LogP contribution in [0, 0.1) is 11.6 Å². The lowest BCUT2D eigenvalue weighted by Gasteiger charge is -2.35. The van der Waals surface area contributed by atoms with Gasteiger partial charge in [-0.1, -0.05) is 36.4 Å². The average molecular weight is 711 g/mol. The van der Waals surface area contributed by atoms with Crippen LogP contribution in [0.5, 0.6) is 0 Å². The van der Waals surface area contributed by atoms with Crippen LogP contribution in [0.3, 0.4) is 0 Å². The molecular formula is C30H42F8N2O4S2. The van der Waals surface area contributed by atoms with Crippen LogP contribution in [0.1, 0.15) is 79.4 Å². The van der Waals surface area contributed by atoms with Crippen LogP contribution >= 0.6 is 0 Å². The second-order valence-corrected chi connectivity index (χ2v) is 17.0. The van der Waals surface area contributed by atoms with Gasteiger partial charge in [-0.25, -0.2) is 26.6 Å². The Bertz CT molecular complexity index is 1240. The smallest absolute Gasteiger partial charge is 0.384 e. The van der Waals surface area contributed by atoms with Gasteiger partial charge in [-0.15, -0.1) is 0 Å². The normalized spacial score (nSPS) is 18.3. The first kappa shape index (κ1) is 42.0. The minimum Gasteiger partial charge on any atom is -0.384 e. The first-order chi connectivity index (χ1) is 20.5. The number of aliphatic hydroxyl groups is 2. The Labute approximate surface area is 269 Å². The van der Waals surface area contributed by atoms with Gasteiger partial charge in [0.25, 0.3) is 0 Å². The number of hydrogen-bond donors (Lipinski definition) is 4. The first-order valence-corrected chi connectivity index (χ1v) is 16.2. The highest BCUT2D eigenvalue weighted by Crippen LogP contribution is 2.36. The largest absolute Gasteiger partial charge is 0.414 e. The number of aliphatic hydroxyl groups excluding tert-OH is 2. The number of hydrogen-bond acceptors (Lipinski definition) is 4. The highest BCUT2D eigenvalue weighted by atomic mass is 32.2. The molecule has 16 heteroatoms. The summed E-state index contributed by atoms with van der Waals surface area (Å²) >= 11 is 0. The fraction of sp³-hybridized carbons (Fsp3) is 0.600. The van der Waals surface area contributed by atoms with Gasteiger partial charge >= 0.3 is 12.4 Å². The van der Waals surface area contributed by atoms with Gasteiger partial charge in [-0.05, 0) is 67.5 Å². The molecule has 2 aromatic carbocycles. The van der Waals surface area contributed by atoms with Crippen molar-refractivity contribution in [1.82, 2.24) is 9.44 Å². The molecule has 0 aromatic heterocycles. The van der Waals surface area contributed by atoms with E-state index in [1.54, 1.807) is 41.5 Å². The standard InChI is InChI=1S/2C15H21F4NO2S/c2*1-13(2,3)23(22)20-14(4,9-12(21)15(17,18)19)10-7-5-6-8-11(10)16/h2*5-8,12,20-21H,9H2,1-4H3/t12-,14+,23+;12-,14-,23-/m10/s1. The van der Waals surface area contributed by atoms with Gasteiger partial charge in [-0.3, -0.25) is 0 Å². The Hall–Kier alpha value is -1.98. The molecule has 0 saturated heterocycles. The second-order valence-electron chi connectivity index (χ2n) is 13.1. The van der Waals surface area contributed by atoms with E-state index in [1.807, 2.05) is 0 Å². The van der Waals surface area contributed by atoms with Gasteiger partial charge in [0.1, 0.15) is 11.6 Å². The van der Waals surface area contributed by atoms with Crippen molar-refractivity contribution in [3.05, 3.63) is 71.3 Å². The summed E-state index contributed by atoms with van der Waals surface area (Å²) in [6.45, 7) is 12.4. The van der Waals surface area contributed by atoms with Gasteiger partial charge in [-0.2, -0.15) is 26.3 Å². The van der Waals surface area contributed by atoms with Crippen LogP contribution in [0.4, 0.5) is 35.1 Å². The summed E-state index contributed by atoms with van der Waals surface area (Å²) in [4.78, 5) is 0. The van der Waals surface area contributed by atoms with E-state index in [1.165, 1.54) is 50.2 Å². The number of benzene rings is 2. The van der Waals surface area contributed by atoms with E-state index in [9.17, 15) is 53.8 Å². The Morgan fingerprint density at radius 2 is 0.848 bits per heavy atom. The van der Waals surface area contributed by atoms with Crippen LogP contribution in [0.15, 0.2) is 48.5 Å². The molecule has 46 heavy (non-hydrogen) atoms. The minimum absolute atomic E-state index is 0.0825. The lowest BCUT2D eigenvalue weighted by molar-refractivity contribution is -0.210. The van der Waals surface area contributed by atoms with E-state index >= 15 is 0 Å². The molecule has 0 radical (unpaired) electrons. The van der Waals surface area contributed by atoms with E-state index < -0.39 is 91.6 Å². The van der Waals surface area contributed by atoms with Gasteiger partial charge in [0.15, 0.2) is 12.2 Å². The summed E-state index contributed by atoms with van der Waals surface area (Å²) < 4.78 is 133. The van der Waals surface area contributed by atoms with Crippen LogP contribution in [0.2, 0.25) is 0 Å². The Morgan fingerprint density at radius 1 is 0.587 bits per heavy atom. The van der Waals surface area contributed by atoms with Crippen molar-refractivity contribution in [2.75, 3.05) is 0 Å². The van der Waals surface area contributed by atoms with Crippen molar-refractivity contribution in [2.24, 2.45) is 0 Å². The third-order valence-electron chi connectivity index (χ3n) is 6.64. The van der Waals surface area contributed by atoms with Crippen molar-refractivity contribution in [2.45, 2.75) is 113 Å². The highest BCUT2D eigenvalue weighted by molar-refractivity contribution is 7.84. The molecule has 4 N–H and O–H groups in total. The lowest BCUT2D eigenvalue weighted by Crippen LogP contribution is -2.50. The molecule has 0 spiro atoms. The van der Waals surface area contributed by atoms with E-state index in [0.29, 0.717) is 0 Å². The summed E-state index contributed by atoms with van der Waals surface area (Å²) in [6.07, 6.45) is -16.8. The minimum atomic E-state index is -4.85. The van der Waals surface area contributed by atoms with Gasteiger partial charge in [0.2, 0.25) is 0 Å². The zero-order valence-corrected chi connectivity index (χ0v) is 28.4. The second kappa shape index (κ2) is 15.5. The molecule has 0 saturated carbocycles. The SMILES string of the molecule is CC(C)(C)[S@](=O)N[C@@](C)(C[C@@H](O)C(F)(F)F)c1ccccc1F.CC(C)(C)[S@](=O)N[C@@](C)(C[C@H](O)C(F)(F)F)c1ccccc1F. The average Bonchev–Trinajstić information content (AvgIpc) is 2.87. The molecule has 0 unspecified atom stereocenters. The van der Waals surface area contributed by atoms with Crippen LogP contribution in [-0.4, -0.2) is 52.7 Å². The molecule has 0 fully saturated rings. The third-order valence-corrected chi connectivity index (χ3v) is 10.1. The summed E-state index contributed by atoms with van der Waals surface area (Å²) in [7, 11) is -3.51. The predicted molar refractivity (Wildman–Crippen MR) is 163 cm³/mol. The molecule has 0 heterocycles. The van der Waals surface area contributed by atoms with Crippen LogP contribution < -0.4 is 9.44 Å². The molecule has 264 valence electrons. The Morgan fingerprint density at radius 3 is 1.07 bits per heavy atom. The zero-order chi connectivity index (χ0) is 36.1. The molecule has 0 bridgehead atoms. The van der Waals surface area contributed by atoms with E-state index in [4.69, 9.17) is 0 Å². The monoisotopic (exact) mass is 710 g/mol. The van der Waals surface area contributed by atoms with Crippen molar-refractivity contribution >= 4 is 22.0 Å². The number of halogens is 8. The zero-order valence-electron chi connectivity index (χ0n) is 26.7. The fourth-order valence-electron chi connectivity index (χ4n) is 3.95. The molecule has 6 atom stereocenters. The molecule has 2 rings (SSSR count). The van der Waals surface area contributed by atoms with E-state index in [-0.39, 0.29) is 11.1 Å². The maximum Gasteiger partial charge on any atom is 0.414 e. The summed E-state index contributed by atoms with van der Waals surface area (Å²) in [5, 5.41) is 18.8. The maximum atomic E-state index is 14.1. The Balaban J connectivity index is 0.000000460.